The molecule has 0 bridgehead atoms. The molecular formula is C12H13N3O2. The van der Waals surface area contributed by atoms with E-state index < -0.39 is 0 Å². The number of nitrogens with one attached hydrogen (secondary N) is 2. The quantitative estimate of drug-likeness (QED) is 0.738. The Bertz CT molecular complexity index is 665. The summed E-state index contributed by atoms with van der Waals surface area (Å²) in [7, 11) is 0. The third-order valence-electron chi connectivity index (χ3n) is 3.25. The Morgan fingerprint density at radius 2 is 2.06 bits per heavy atom. The number of benzene rings is 1. The molecular weight excluding hydrogens is 218 g/mol. The van der Waals surface area contributed by atoms with Crippen molar-refractivity contribution in [3.8, 4) is 0 Å². The molecule has 0 aliphatic carbocycles. The number of fused-ring (bicyclic) bond motifs is 1. The van der Waals surface area contributed by atoms with E-state index in [-0.39, 0.29) is 17.3 Å². The second-order valence-corrected chi connectivity index (χ2v) is 4.29. The SMILES string of the molecule is O=c1[nH]c(=O)n(C2CCNC2)c2ccccc12. The van der Waals surface area contributed by atoms with Crippen molar-refractivity contribution in [1.29, 1.82) is 0 Å². The van der Waals surface area contributed by atoms with E-state index in [0.29, 0.717) is 5.39 Å². The summed E-state index contributed by atoms with van der Waals surface area (Å²) in [6, 6.07) is 7.35. The smallest absolute Gasteiger partial charge is 0.315 e. The number of rotatable bonds is 1. The molecule has 0 spiro atoms. The van der Waals surface area contributed by atoms with Gasteiger partial charge in [0.1, 0.15) is 0 Å². The number of hydrogen-bond acceptors (Lipinski definition) is 3. The molecule has 3 rings (SSSR count). The monoisotopic (exact) mass is 231 g/mol. The van der Waals surface area contributed by atoms with Gasteiger partial charge in [-0.2, -0.15) is 0 Å². The summed E-state index contributed by atoms with van der Waals surface area (Å²) in [5.74, 6) is 0. The minimum absolute atomic E-state index is 0.129. The standard InChI is InChI=1S/C12H13N3O2/c16-11-9-3-1-2-4-10(9)15(12(17)14-11)8-5-6-13-7-8/h1-4,8,13H,5-7H2,(H,14,16,17). The maximum atomic E-state index is 11.9. The van der Waals surface area contributed by atoms with Crippen molar-refractivity contribution >= 4 is 10.9 Å². The van der Waals surface area contributed by atoms with Crippen LogP contribution in [0.25, 0.3) is 10.9 Å². The Morgan fingerprint density at radius 3 is 2.82 bits per heavy atom. The fourth-order valence-corrected chi connectivity index (χ4v) is 2.43. The lowest BCUT2D eigenvalue weighted by atomic mass is 10.2. The maximum absolute atomic E-state index is 11.9. The van der Waals surface area contributed by atoms with Crippen LogP contribution in [-0.2, 0) is 0 Å². The lowest BCUT2D eigenvalue weighted by Gasteiger charge is -2.15. The zero-order valence-corrected chi connectivity index (χ0v) is 9.27. The number of aromatic amines is 1. The van der Waals surface area contributed by atoms with Crippen LogP contribution in [0.3, 0.4) is 0 Å². The molecule has 17 heavy (non-hydrogen) atoms. The van der Waals surface area contributed by atoms with Gasteiger partial charge in [-0.1, -0.05) is 12.1 Å². The van der Waals surface area contributed by atoms with Crippen LogP contribution in [0.15, 0.2) is 33.9 Å². The Labute approximate surface area is 97.1 Å². The van der Waals surface area contributed by atoms with Gasteiger partial charge in [0.15, 0.2) is 0 Å². The molecule has 1 aromatic carbocycles. The van der Waals surface area contributed by atoms with Gasteiger partial charge in [-0.25, -0.2) is 4.79 Å². The molecule has 1 aromatic heterocycles. The molecule has 5 nitrogen and oxygen atoms in total. The molecule has 2 aromatic rings. The van der Waals surface area contributed by atoms with Gasteiger partial charge in [0.25, 0.3) is 5.56 Å². The zero-order valence-electron chi connectivity index (χ0n) is 9.27. The first-order valence-corrected chi connectivity index (χ1v) is 5.71. The molecule has 0 radical (unpaired) electrons. The average molecular weight is 231 g/mol. The molecule has 0 saturated carbocycles. The summed E-state index contributed by atoms with van der Waals surface area (Å²) in [6.07, 6.45) is 0.913. The predicted octanol–water partition coefficient (Wildman–Crippen LogP) is 0.224. The fraction of sp³-hybridized carbons (Fsp3) is 0.333. The average Bonchev–Trinajstić information content (AvgIpc) is 2.83. The van der Waals surface area contributed by atoms with E-state index in [4.69, 9.17) is 0 Å². The summed E-state index contributed by atoms with van der Waals surface area (Å²) in [5.41, 5.74) is 0.0881. The van der Waals surface area contributed by atoms with Crippen molar-refractivity contribution in [2.24, 2.45) is 0 Å². The van der Waals surface area contributed by atoms with Crippen LogP contribution in [0.5, 0.6) is 0 Å². The molecule has 88 valence electrons. The van der Waals surface area contributed by atoms with Crippen LogP contribution in [-0.4, -0.2) is 22.6 Å². The maximum Gasteiger partial charge on any atom is 0.329 e. The van der Waals surface area contributed by atoms with Gasteiger partial charge in [0.2, 0.25) is 0 Å². The van der Waals surface area contributed by atoms with Crippen molar-refractivity contribution in [1.82, 2.24) is 14.9 Å². The molecule has 1 aliphatic rings. The normalized spacial score (nSPS) is 19.9. The van der Waals surface area contributed by atoms with E-state index in [1.165, 1.54) is 0 Å². The van der Waals surface area contributed by atoms with Gasteiger partial charge in [0, 0.05) is 6.54 Å². The highest BCUT2D eigenvalue weighted by Gasteiger charge is 2.20. The molecule has 5 heteroatoms. The van der Waals surface area contributed by atoms with Crippen LogP contribution in [0.2, 0.25) is 0 Å². The Morgan fingerprint density at radius 1 is 1.24 bits per heavy atom. The fourth-order valence-electron chi connectivity index (χ4n) is 2.43. The van der Waals surface area contributed by atoms with Crippen molar-refractivity contribution in [2.45, 2.75) is 12.5 Å². The number of H-pyrrole nitrogens is 1. The van der Waals surface area contributed by atoms with Gasteiger partial charge >= 0.3 is 5.69 Å². The van der Waals surface area contributed by atoms with Gasteiger partial charge < -0.3 is 5.32 Å². The Hall–Kier alpha value is -1.88. The number of para-hydroxylation sites is 1. The van der Waals surface area contributed by atoms with Crippen molar-refractivity contribution in [3.05, 3.63) is 45.1 Å². The summed E-state index contributed by atoms with van der Waals surface area (Å²) in [5, 5.41) is 3.79. The molecule has 0 amide bonds. The number of nitrogens with zero attached hydrogens (tertiary/aromatic N) is 1. The second-order valence-electron chi connectivity index (χ2n) is 4.29. The van der Waals surface area contributed by atoms with Crippen molar-refractivity contribution < 1.29 is 0 Å². The first-order chi connectivity index (χ1) is 8.27. The van der Waals surface area contributed by atoms with Gasteiger partial charge in [-0.3, -0.25) is 14.3 Å². The van der Waals surface area contributed by atoms with Crippen LogP contribution in [0, 0.1) is 0 Å². The van der Waals surface area contributed by atoms with Gasteiger partial charge in [0.05, 0.1) is 16.9 Å². The minimum Gasteiger partial charge on any atom is -0.315 e. The third-order valence-corrected chi connectivity index (χ3v) is 3.25. The highest BCUT2D eigenvalue weighted by Crippen LogP contribution is 2.17. The predicted molar refractivity (Wildman–Crippen MR) is 65.4 cm³/mol. The largest absolute Gasteiger partial charge is 0.329 e. The summed E-state index contributed by atoms with van der Waals surface area (Å²) >= 11 is 0. The van der Waals surface area contributed by atoms with E-state index in [9.17, 15) is 9.59 Å². The van der Waals surface area contributed by atoms with Gasteiger partial charge in [-0.05, 0) is 25.1 Å². The summed E-state index contributed by atoms with van der Waals surface area (Å²) < 4.78 is 1.69. The Balaban J connectivity index is 2.36. The summed E-state index contributed by atoms with van der Waals surface area (Å²) in [6.45, 7) is 1.68. The van der Waals surface area contributed by atoms with E-state index in [1.54, 1.807) is 16.7 Å². The third kappa shape index (κ3) is 1.59. The molecule has 1 unspecified atom stereocenters. The number of aromatic nitrogens is 2. The molecule has 1 atom stereocenters. The molecule has 2 heterocycles. The van der Waals surface area contributed by atoms with Crippen LogP contribution < -0.4 is 16.6 Å². The highest BCUT2D eigenvalue weighted by atomic mass is 16.2. The second kappa shape index (κ2) is 3.85. The minimum atomic E-state index is -0.317. The molecule has 1 saturated heterocycles. The van der Waals surface area contributed by atoms with Crippen molar-refractivity contribution in [3.63, 3.8) is 0 Å². The lowest BCUT2D eigenvalue weighted by molar-refractivity contribution is 0.535. The first-order valence-electron chi connectivity index (χ1n) is 5.71. The van der Waals surface area contributed by atoms with E-state index in [0.717, 1.165) is 25.0 Å². The van der Waals surface area contributed by atoms with E-state index in [1.807, 2.05) is 12.1 Å². The number of hydrogen-bond donors (Lipinski definition) is 2. The first kappa shape index (κ1) is 10.3. The van der Waals surface area contributed by atoms with Crippen molar-refractivity contribution in [2.75, 3.05) is 13.1 Å². The highest BCUT2D eigenvalue weighted by molar-refractivity contribution is 5.77. The lowest BCUT2D eigenvalue weighted by Crippen LogP contribution is -2.33. The van der Waals surface area contributed by atoms with Crippen LogP contribution in [0.1, 0.15) is 12.5 Å². The molecule has 1 aliphatic heterocycles. The van der Waals surface area contributed by atoms with E-state index >= 15 is 0 Å². The zero-order chi connectivity index (χ0) is 11.8. The van der Waals surface area contributed by atoms with Gasteiger partial charge in [-0.15, -0.1) is 0 Å². The van der Waals surface area contributed by atoms with Crippen LogP contribution in [0.4, 0.5) is 0 Å². The van der Waals surface area contributed by atoms with E-state index in [2.05, 4.69) is 10.3 Å². The topological polar surface area (TPSA) is 66.9 Å². The Kier molecular flexibility index (Phi) is 2.33. The molecule has 2 N–H and O–H groups in total. The summed E-state index contributed by atoms with van der Waals surface area (Å²) in [4.78, 5) is 26.0. The van der Waals surface area contributed by atoms with Crippen LogP contribution >= 0.6 is 0 Å². The molecule has 1 fully saturated rings.